The number of carbonyl (C=O) groups excluding carboxylic acids is 1. The number of ether oxygens (including phenoxy) is 1. The number of carbonyl (C=O) groups is 1. The van der Waals surface area contributed by atoms with Gasteiger partial charge in [-0.1, -0.05) is 71.1 Å². The van der Waals surface area contributed by atoms with Crippen molar-refractivity contribution in [1.82, 2.24) is 14.5 Å². The molecule has 2 atom stereocenters. The Morgan fingerprint density at radius 2 is 1.76 bits per heavy atom. The van der Waals surface area contributed by atoms with E-state index in [-0.39, 0.29) is 30.1 Å². The predicted octanol–water partition coefficient (Wildman–Crippen LogP) is 6.39. The average Bonchev–Trinajstić information content (AvgIpc) is 3.44. The normalized spacial score (nSPS) is 18.3. The van der Waals surface area contributed by atoms with Crippen LogP contribution in [0.5, 0.6) is 0 Å². The van der Waals surface area contributed by atoms with Crippen molar-refractivity contribution in [1.29, 1.82) is 0 Å². The molecule has 0 aliphatic carbocycles. The minimum Gasteiger partial charge on any atom is -0.394 e. The summed E-state index contributed by atoms with van der Waals surface area (Å²) in [4.78, 5) is 21.1. The molecule has 33 heavy (non-hydrogen) atoms. The van der Waals surface area contributed by atoms with Crippen LogP contribution in [0.15, 0.2) is 12.3 Å². The standard InChI is InChI=1S/C25H39ClN4O3/c1-2-3-4-5-6-7-8-9-10-11-12-13-21(32)27-23-20-16-17-30(24(20)29-25(26)28-23)22-15-14-19(18-31)33-22/h16-17,19,22,31H,2-15,18H2,1H3,(H,27,28,29,32). The van der Waals surface area contributed by atoms with E-state index in [9.17, 15) is 9.90 Å². The molecule has 1 aliphatic heterocycles. The van der Waals surface area contributed by atoms with Gasteiger partial charge in [-0.3, -0.25) is 4.79 Å². The second-order valence-corrected chi connectivity index (χ2v) is 9.45. The lowest BCUT2D eigenvalue weighted by atomic mass is 10.1. The second kappa shape index (κ2) is 13.9. The molecule has 0 saturated carbocycles. The van der Waals surface area contributed by atoms with Crippen molar-refractivity contribution in [2.75, 3.05) is 11.9 Å². The van der Waals surface area contributed by atoms with E-state index in [1.54, 1.807) is 0 Å². The average molecular weight is 479 g/mol. The molecule has 1 saturated heterocycles. The summed E-state index contributed by atoms with van der Waals surface area (Å²) in [5, 5.41) is 13.1. The van der Waals surface area contributed by atoms with E-state index in [1.165, 1.54) is 57.8 Å². The number of hydrogen-bond donors (Lipinski definition) is 2. The van der Waals surface area contributed by atoms with Gasteiger partial charge in [-0.2, -0.15) is 9.97 Å². The van der Waals surface area contributed by atoms with Gasteiger partial charge in [-0.25, -0.2) is 0 Å². The Bertz CT molecular complexity index is 873. The molecule has 1 fully saturated rings. The Labute approximate surface area is 202 Å². The number of hydrogen-bond acceptors (Lipinski definition) is 5. The van der Waals surface area contributed by atoms with Crippen molar-refractivity contribution in [3.63, 3.8) is 0 Å². The van der Waals surface area contributed by atoms with Crippen LogP contribution in [0.2, 0.25) is 5.28 Å². The van der Waals surface area contributed by atoms with Crippen LogP contribution < -0.4 is 5.32 Å². The van der Waals surface area contributed by atoms with Crippen molar-refractivity contribution >= 4 is 34.4 Å². The van der Waals surface area contributed by atoms with Gasteiger partial charge in [0, 0.05) is 12.6 Å². The number of rotatable bonds is 15. The lowest BCUT2D eigenvalue weighted by Gasteiger charge is -2.15. The van der Waals surface area contributed by atoms with Crippen LogP contribution in [0.25, 0.3) is 11.0 Å². The lowest BCUT2D eigenvalue weighted by Crippen LogP contribution is -2.15. The fourth-order valence-corrected chi connectivity index (χ4v) is 4.67. The van der Waals surface area contributed by atoms with E-state index >= 15 is 0 Å². The monoisotopic (exact) mass is 478 g/mol. The molecule has 7 nitrogen and oxygen atoms in total. The van der Waals surface area contributed by atoms with Crippen LogP contribution in [0.3, 0.4) is 0 Å². The van der Waals surface area contributed by atoms with Crippen LogP contribution in [0.1, 0.15) is 103 Å². The maximum absolute atomic E-state index is 12.5. The fourth-order valence-electron chi connectivity index (χ4n) is 4.50. The minimum absolute atomic E-state index is 0.00575. The number of nitrogens with zero attached hydrogens (tertiary/aromatic N) is 3. The number of anilines is 1. The third kappa shape index (κ3) is 7.94. The molecule has 3 heterocycles. The third-order valence-electron chi connectivity index (χ3n) is 6.41. The zero-order chi connectivity index (χ0) is 23.5. The third-order valence-corrected chi connectivity index (χ3v) is 6.58. The van der Waals surface area contributed by atoms with Gasteiger partial charge in [-0.05, 0) is 36.9 Å². The quantitative estimate of drug-likeness (QED) is 0.228. The first-order chi connectivity index (χ1) is 16.1. The largest absolute Gasteiger partial charge is 0.394 e. The van der Waals surface area contributed by atoms with Gasteiger partial charge in [0.25, 0.3) is 0 Å². The van der Waals surface area contributed by atoms with E-state index in [1.807, 2.05) is 16.8 Å². The van der Waals surface area contributed by atoms with Crippen molar-refractivity contribution in [3.05, 3.63) is 17.5 Å². The van der Waals surface area contributed by atoms with E-state index in [4.69, 9.17) is 16.3 Å². The predicted molar refractivity (Wildman–Crippen MR) is 132 cm³/mol. The number of nitrogens with one attached hydrogen (secondary N) is 1. The van der Waals surface area contributed by atoms with Gasteiger partial charge >= 0.3 is 0 Å². The molecule has 184 valence electrons. The Morgan fingerprint density at radius 3 is 2.39 bits per heavy atom. The molecular formula is C25H39ClN4O3. The van der Waals surface area contributed by atoms with Crippen molar-refractivity contribution in [2.45, 2.75) is 109 Å². The number of halogens is 1. The van der Waals surface area contributed by atoms with Crippen LogP contribution in [-0.4, -0.2) is 38.3 Å². The summed E-state index contributed by atoms with van der Waals surface area (Å²) in [6, 6.07) is 1.87. The molecule has 0 spiro atoms. The number of aliphatic hydroxyl groups excluding tert-OH is 1. The molecule has 2 unspecified atom stereocenters. The lowest BCUT2D eigenvalue weighted by molar-refractivity contribution is -0.116. The minimum atomic E-state index is -0.203. The van der Waals surface area contributed by atoms with Gasteiger partial charge in [0.2, 0.25) is 11.2 Å². The van der Waals surface area contributed by atoms with Crippen LogP contribution in [-0.2, 0) is 9.53 Å². The molecule has 2 N–H and O–H groups in total. The Morgan fingerprint density at radius 1 is 1.09 bits per heavy atom. The van der Waals surface area contributed by atoms with E-state index in [0.29, 0.717) is 17.9 Å². The van der Waals surface area contributed by atoms with E-state index in [0.717, 1.165) is 31.1 Å². The van der Waals surface area contributed by atoms with Gasteiger partial charge in [0.15, 0.2) is 0 Å². The smallest absolute Gasteiger partial charge is 0.226 e. The molecule has 3 rings (SSSR count). The Kier molecular flexibility index (Phi) is 10.9. The van der Waals surface area contributed by atoms with Gasteiger partial charge < -0.3 is 19.7 Å². The van der Waals surface area contributed by atoms with Gasteiger partial charge in [0.05, 0.1) is 18.1 Å². The summed E-state index contributed by atoms with van der Waals surface area (Å²) in [5.74, 6) is 0.390. The highest BCUT2D eigenvalue weighted by atomic mass is 35.5. The number of aromatic nitrogens is 3. The molecule has 0 radical (unpaired) electrons. The number of unbranched alkanes of at least 4 members (excludes halogenated alkanes) is 10. The highest BCUT2D eigenvalue weighted by Gasteiger charge is 2.27. The molecule has 0 aromatic carbocycles. The van der Waals surface area contributed by atoms with Crippen molar-refractivity contribution < 1.29 is 14.6 Å². The number of fused-ring (bicyclic) bond motifs is 1. The maximum Gasteiger partial charge on any atom is 0.226 e. The van der Waals surface area contributed by atoms with Gasteiger partial charge in [0.1, 0.15) is 17.7 Å². The SMILES string of the molecule is CCCCCCCCCCCCCC(=O)Nc1nc(Cl)nc2c1ccn2C1CCC(CO)O1. The van der Waals surface area contributed by atoms with Crippen molar-refractivity contribution in [3.8, 4) is 0 Å². The Hall–Kier alpha value is -1.70. The Balaban J connectivity index is 1.41. The maximum atomic E-state index is 12.5. The summed E-state index contributed by atoms with van der Waals surface area (Å²) in [6.07, 6.45) is 17.4. The first-order valence-corrected chi connectivity index (χ1v) is 13.1. The molecule has 1 aliphatic rings. The molecule has 8 heteroatoms. The second-order valence-electron chi connectivity index (χ2n) is 9.11. The van der Waals surface area contributed by atoms with Crippen molar-refractivity contribution in [2.24, 2.45) is 0 Å². The molecule has 0 bridgehead atoms. The molecule has 1 amide bonds. The summed E-state index contributed by atoms with van der Waals surface area (Å²) in [5.41, 5.74) is 0.628. The van der Waals surface area contributed by atoms with Crippen LogP contribution in [0, 0.1) is 0 Å². The highest BCUT2D eigenvalue weighted by Crippen LogP contribution is 2.33. The summed E-state index contributed by atoms with van der Waals surface area (Å²) in [7, 11) is 0. The van der Waals surface area contributed by atoms with Crippen LogP contribution in [0.4, 0.5) is 5.82 Å². The molecular weight excluding hydrogens is 440 g/mol. The number of aliphatic hydroxyl groups is 1. The van der Waals surface area contributed by atoms with E-state index in [2.05, 4.69) is 22.2 Å². The van der Waals surface area contributed by atoms with Gasteiger partial charge in [-0.15, -0.1) is 0 Å². The number of amides is 1. The fraction of sp³-hybridized carbons (Fsp3) is 0.720. The first kappa shape index (κ1) is 25.9. The zero-order valence-electron chi connectivity index (χ0n) is 19.9. The summed E-state index contributed by atoms with van der Waals surface area (Å²) >= 11 is 6.15. The molecule has 2 aromatic heterocycles. The van der Waals surface area contributed by atoms with Crippen LogP contribution >= 0.6 is 11.6 Å². The topological polar surface area (TPSA) is 89.3 Å². The molecule has 2 aromatic rings. The highest BCUT2D eigenvalue weighted by molar-refractivity contribution is 6.28. The summed E-state index contributed by atoms with van der Waals surface area (Å²) in [6.45, 7) is 2.26. The first-order valence-electron chi connectivity index (χ1n) is 12.7. The zero-order valence-corrected chi connectivity index (χ0v) is 20.7. The van der Waals surface area contributed by atoms with E-state index < -0.39 is 0 Å². The summed E-state index contributed by atoms with van der Waals surface area (Å²) < 4.78 is 7.77.